The Balaban J connectivity index is 2.55. The lowest BCUT2D eigenvalue weighted by atomic mass is 10.1. The zero-order valence-electron chi connectivity index (χ0n) is 8.90. The molecule has 0 N–H and O–H groups in total. The van der Waals surface area contributed by atoms with Crippen LogP contribution in [-0.4, -0.2) is 8.42 Å². The first-order valence-electron chi connectivity index (χ1n) is 4.88. The minimum atomic E-state index is -3.93. The summed E-state index contributed by atoms with van der Waals surface area (Å²) in [6.45, 7) is 0. The van der Waals surface area contributed by atoms with E-state index in [0.29, 0.717) is 10.6 Å². The lowest BCUT2D eigenvalue weighted by Gasteiger charge is -2.05. The Morgan fingerprint density at radius 1 is 1.06 bits per heavy atom. The third-order valence-electron chi connectivity index (χ3n) is 2.36. The van der Waals surface area contributed by atoms with E-state index < -0.39 is 14.9 Å². The Morgan fingerprint density at radius 2 is 1.78 bits per heavy atom. The van der Waals surface area contributed by atoms with E-state index in [-0.39, 0.29) is 10.5 Å². The van der Waals surface area contributed by atoms with E-state index in [0.717, 1.165) is 6.07 Å². The summed E-state index contributed by atoms with van der Waals surface area (Å²) in [7, 11) is 1.21. The predicted molar refractivity (Wildman–Crippen MR) is 69.9 cm³/mol. The summed E-state index contributed by atoms with van der Waals surface area (Å²) < 4.78 is 36.0. The summed E-state index contributed by atoms with van der Waals surface area (Å²) in [6, 6.07) is 10.1. The van der Waals surface area contributed by atoms with Gasteiger partial charge in [-0.25, -0.2) is 12.8 Å². The molecule has 2 nitrogen and oxygen atoms in total. The minimum absolute atomic E-state index is 0.265. The highest BCUT2D eigenvalue weighted by Gasteiger charge is 2.14. The summed E-state index contributed by atoms with van der Waals surface area (Å²) in [6.07, 6.45) is 0. The van der Waals surface area contributed by atoms with Crippen molar-refractivity contribution in [3.05, 3.63) is 53.3 Å². The Kier molecular flexibility index (Phi) is 3.61. The van der Waals surface area contributed by atoms with E-state index >= 15 is 0 Å². The largest absolute Gasteiger partial charge is 0.261 e. The van der Waals surface area contributed by atoms with E-state index in [1.807, 2.05) is 0 Å². The van der Waals surface area contributed by atoms with Crippen LogP contribution in [0.2, 0.25) is 5.02 Å². The van der Waals surface area contributed by atoms with Crippen LogP contribution < -0.4 is 0 Å². The average molecular weight is 305 g/mol. The van der Waals surface area contributed by atoms with E-state index in [9.17, 15) is 12.8 Å². The van der Waals surface area contributed by atoms with Crippen LogP contribution in [0.5, 0.6) is 0 Å². The molecule has 0 aromatic heterocycles. The molecule has 0 unspecified atom stereocenters. The maximum Gasteiger partial charge on any atom is 0.261 e. The zero-order chi connectivity index (χ0) is 13.3. The van der Waals surface area contributed by atoms with Crippen LogP contribution in [0, 0.1) is 5.82 Å². The summed E-state index contributed by atoms with van der Waals surface area (Å²) in [4.78, 5) is -0.271. The maximum absolute atomic E-state index is 13.8. The van der Waals surface area contributed by atoms with Gasteiger partial charge in [0.05, 0.1) is 4.90 Å². The third kappa shape index (κ3) is 2.83. The first-order chi connectivity index (χ1) is 8.38. The molecule has 6 heteroatoms. The molecule has 0 amide bonds. The van der Waals surface area contributed by atoms with Crippen molar-refractivity contribution >= 4 is 31.3 Å². The highest BCUT2D eigenvalue weighted by molar-refractivity contribution is 8.13. The fourth-order valence-electron chi connectivity index (χ4n) is 1.54. The minimum Gasteiger partial charge on any atom is -0.207 e. The highest BCUT2D eigenvalue weighted by atomic mass is 35.7. The lowest BCUT2D eigenvalue weighted by Crippen LogP contribution is -1.93. The van der Waals surface area contributed by atoms with Crippen molar-refractivity contribution in [2.24, 2.45) is 0 Å². The summed E-state index contributed by atoms with van der Waals surface area (Å²) in [5, 5.41) is 0.473. The van der Waals surface area contributed by atoms with E-state index in [1.54, 1.807) is 24.3 Å². The first kappa shape index (κ1) is 13.3. The molecule has 0 fully saturated rings. The van der Waals surface area contributed by atoms with Crippen LogP contribution in [0.3, 0.4) is 0 Å². The Labute approximate surface area is 113 Å². The monoisotopic (exact) mass is 304 g/mol. The Morgan fingerprint density at radius 3 is 2.33 bits per heavy atom. The van der Waals surface area contributed by atoms with Gasteiger partial charge in [-0.3, -0.25) is 0 Å². The fraction of sp³-hybridized carbons (Fsp3) is 0. The number of halogens is 3. The summed E-state index contributed by atoms with van der Waals surface area (Å²) in [5.41, 5.74) is 0.833. The quantitative estimate of drug-likeness (QED) is 0.784. The van der Waals surface area contributed by atoms with Gasteiger partial charge >= 0.3 is 0 Å². The van der Waals surface area contributed by atoms with Crippen LogP contribution >= 0.6 is 22.3 Å². The standard InChI is InChI=1S/C12H7Cl2FO2S/c13-9-3-1-2-8(6-9)11-5-4-10(7-12(11)15)18(14,16)17/h1-7H. The van der Waals surface area contributed by atoms with Crippen molar-refractivity contribution in [1.82, 2.24) is 0 Å². The van der Waals surface area contributed by atoms with Gasteiger partial charge in [0.1, 0.15) is 5.82 Å². The van der Waals surface area contributed by atoms with E-state index in [1.165, 1.54) is 12.1 Å². The molecule has 18 heavy (non-hydrogen) atoms. The Bertz CT molecular complexity index is 699. The number of rotatable bonds is 2. The second-order valence-corrected chi connectivity index (χ2v) is 6.59. The van der Waals surface area contributed by atoms with Gasteiger partial charge in [0.2, 0.25) is 0 Å². The van der Waals surface area contributed by atoms with Gasteiger partial charge in [-0.15, -0.1) is 0 Å². The molecule has 0 atom stereocenters. The van der Waals surface area contributed by atoms with Crippen molar-refractivity contribution < 1.29 is 12.8 Å². The van der Waals surface area contributed by atoms with Gasteiger partial charge in [0, 0.05) is 21.3 Å². The molecule has 2 rings (SSSR count). The van der Waals surface area contributed by atoms with Gasteiger partial charge in [-0.2, -0.15) is 0 Å². The molecule has 0 radical (unpaired) electrons. The van der Waals surface area contributed by atoms with Gasteiger partial charge in [-0.1, -0.05) is 29.8 Å². The molecular weight excluding hydrogens is 298 g/mol. The molecule has 0 aliphatic heterocycles. The van der Waals surface area contributed by atoms with Gasteiger partial charge < -0.3 is 0 Å². The van der Waals surface area contributed by atoms with Crippen LogP contribution in [-0.2, 0) is 9.05 Å². The second-order valence-electron chi connectivity index (χ2n) is 3.59. The molecule has 2 aromatic rings. The molecule has 0 heterocycles. The SMILES string of the molecule is O=S(=O)(Cl)c1ccc(-c2cccc(Cl)c2)c(F)c1. The van der Waals surface area contributed by atoms with Crippen LogP contribution in [0.1, 0.15) is 0 Å². The smallest absolute Gasteiger partial charge is 0.207 e. The molecule has 0 aliphatic carbocycles. The van der Waals surface area contributed by atoms with Gasteiger partial charge in [-0.05, 0) is 29.8 Å². The molecule has 0 aliphatic rings. The maximum atomic E-state index is 13.8. The molecule has 0 saturated carbocycles. The molecule has 2 aromatic carbocycles. The van der Waals surface area contributed by atoms with Crippen molar-refractivity contribution in [3.8, 4) is 11.1 Å². The van der Waals surface area contributed by atoms with Crippen molar-refractivity contribution in [1.29, 1.82) is 0 Å². The van der Waals surface area contributed by atoms with E-state index in [4.69, 9.17) is 22.3 Å². The Hall–Kier alpha value is -1.10. The fourth-order valence-corrected chi connectivity index (χ4v) is 2.49. The predicted octanol–water partition coefficient (Wildman–Crippen LogP) is 4.07. The molecular formula is C12H7Cl2FO2S. The number of benzene rings is 2. The molecule has 0 spiro atoms. The normalized spacial score (nSPS) is 11.5. The summed E-state index contributed by atoms with van der Waals surface area (Å²) in [5.74, 6) is -0.668. The zero-order valence-corrected chi connectivity index (χ0v) is 11.2. The van der Waals surface area contributed by atoms with Crippen LogP contribution in [0.4, 0.5) is 4.39 Å². The first-order valence-corrected chi connectivity index (χ1v) is 7.57. The van der Waals surface area contributed by atoms with Crippen LogP contribution in [0.15, 0.2) is 47.4 Å². The average Bonchev–Trinajstić information content (AvgIpc) is 2.27. The number of hydrogen-bond acceptors (Lipinski definition) is 2. The third-order valence-corrected chi connectivity index (χ3v) is 3.94. The van der Waals surface area contributed by atoms with Crippen LogP contribution in [0.25, 0.3) is 11.1 Å². The molecule has 0 saturated heterocycles. The van der Waals surface area contributed by atoms with Gasteiger partial charge in [0.25, 0.3) is 9.05 Å². The number of hydrogen-bond donors (Lipinski definition) is 0. The van der Waals surface area contributed by atoms with Crippen molar-refractivity contribution in [3.63, 3.8) is 0 Å². The summed E-state index contributed by atoms with van der Waals surface area (Å²) >= 11 is 5.81. The molecule has 0 bridgehead atoms. The van der Waals surface area contributed by atoms with E-state index in [2.05, 4.69) is 0 Å². The van der Waals surface area contributed by atoms with Crippen molar-refractivity contribution in [2.75, 3.05) is 0 Å². The highest BCUT2D eigenvalue weighted by Crippen LogP contribution is 2.27. The topological polar surface area (TPSA) is 34.1 Å². The molecule has 94 valence electrons. The van der Waals surface area contributed by atoms with Gasteiger partial charge in [0.15, 0.2) is 0 Å². The van der Waals surface area contributed by atoms with Crippen molar-refractivity contribution in [2.45, 2.75) is 4.90 Å². The second kappa shape index (κ2) is 4.88. The lowest BCUT2D eigenvalue weighted by molar-refractivity contribution is 0.603.